The molecule has 10 rings (SSSR count). The zero-order valence-corrected chi connectivity index (χ0v) is 40.2. The van der Waals surface area contributed by atoms with Gasteiger partial charge in [-0.15, -0.1) is 11.8 Å². The number of urea groups is 1. The second-order valence-electron chi connectivity index (χ2n) is 19.0. The summed E-state index contributed by atoms with van der Waals surface area (Å²) < 4.78 is 4.38. The molecule has 3 amide bonds. The van der Waals surface area contributed by atoms with Gasteiger partial charge in [-0.2, -0.15) is 4.98 Å². The number of nitrogens with two attached hydrogens (primary N) is 2. The van der Waals surface area contributed by atoms with Crippen molar-refractivity contribution in [2.45, 2.75) is 102 Å². The molecule has 8 heterocycles. The summed E-state index contributed by atoms with van der Waals surface area (Å²) in [6.45, 7) is 8.20. The molecule has 362 valence electrons. The molecule has 0 radical (unpaired) electrons. The number of likely N-dealkylation sites (tertiary alicyclic amines) is 1. The molecule has 0 aliphatic carbocycles. The van der Waals surface area contributed by atoms with Gasteiger partial charge >= 0.3 is 11.7 Å². The summed E-state index contributed by atoms with van der Waals surface area (Å²) in [5.74, 6) is 13.5. The number of nitrogens with zero attached hydrogens (tertiary/aromatic N) is 13. The molecule has 5 aliphatic heterocycles. The molecule has 5 aliphatic rings. The van der Waals surface area contributed by atoms with Crippen molar-refractivity contribution in [2.24, 2.45) is 28.5 Å². The number of rotatable bonds is 9. The predicted molar refractivity (Wildman–Crippen MR) is 268 cm³/mol. The number of hydrogen-bond donors (Lipinski definition) is 3. The van der Waals surface area contributed by atoms with Crippen LogP contribution in [0.5, 0.6) is 0 Å². The minimum Gasteiger partial charge on any atom is -0.342 e. The largest absolute Gasteiger partial charge is 0.342 e. The topological polar surface area (TPSA) is 227 Å². The molecule has 70 heavy (non-hydrogen) atoms. The van der Waals surface area contributed by atoms with Crippen molar-refractivity contribution >= 4 is 57.4 Å². The number of amides is 3. The highest BCUT2D eigenvalue weighted by Gasteiger charge is 2.53. The fraction of sp³-hybridized carbons (Fsp3) is 0.460. The van der Waals surface area contributed by atoms with Crippen LogP contribution in [0, 0.1) is 23.7 Å². The molecule has 0 bridgehead atoms. The maximum Gasteiger partial charge on any atom is 0.332 e. The van der Waals surface area contributed by atoms with Gasteiger partial charge in [0, 0.05) is 75.4 Å². The van der Waals surface area contributed by atoms with E-state index in [1.54, 1.807) is 32.5 Å². The number of carbonyl (C=O) groups excluding carboxylic acids is 2. The third-order valence-electron chi connectivity index (χ3n) is 14.1. The van der Waals surface area contributed by atoms with Gasteiger partial charge in [-0.3, -0.25) is 33.2 Å². The second-order valence-corrected chi connectivity index (χ2v) is 19.0. The zero-order valence-electron chi connectivity index (χ0n) is 40.2. The number of imide groups is 1. The van der Waals surface area contributed by atoms with Crippen molar-refractivity contribution in [3.05, 3.63) is 86.5 Å². The van der Waals surface area contributed by atoms with Crippen molar-refractivity contribution in [2.75, 3.05) is 50.0 Å². The van der Waals surface area contributed by atoms with Crippen LogP contribution in [0.3, 0.4) is 0 Å². The molecule has 3 aromatic heterocycles. The SMILES string of the molecule is CC#CCN1C(N2CCC[C@@H](N)C2)=NC2C1C(=O)N(Cc1nc(CC3(C)N=C(Cn4c(=O)c5c(nc(N6CCC[C@@H](N)C6)n5CC#CC)n(C)c4=O)Nc4ccccc43)c3ccccc3n1)C(=O)N2C. The minimum atomic E-state index is -0.983. The number of aryl methyl sites for hydroxylation is 1. The summed E-state index contributed by atoms with van der Waals surface area (Å²) in [5, 5.41) is 4.20. The second kappa shape index (κ2) is 18.4. The number of hydrogen-bond acceptors (Lipinski definition) is 15. The maximum absolute atomic E-state index is 14.7. The number of carbonyl (C=O) groups is 2. The fourth-order valence-corrected chi connectivity index (χ4v) is 10.7. The quantitative estimate of drug-likeness (QED) is 0.180. The Labute approximate surface area is 405 Å². The number of likely N-dealkylation sites (N-methyl/N-ethyl adjacent to an activating group) is 1. The summed E-state index contributed by atoms with van der Waals surface area (Å²) in [6, 6.07) is 14.0. The molecular weight excluding hydrogens is 889 g/mol. The normalized spacial score (nSPS) is 23.3. The minimum absolute atomic E-state index is 0.0304. The van der Waals surface area contributed by atoms with E-state index in [4.69, 9.17) is 36.4 Å². The lowest BCUT2D eigenvalue weighted by molar-refractivity contribution is -0.138. The zero-order chi connectivity index (χ0) is 49.0. The summed E-state index contributed by atoms with van der Waals surface area (Å²) in [7, 11) is 3.28. The number of piperidine rings is 2. The van der Waals surface area contributed by atoms with Gasteiger partial charge in [-0.25, -0.2) is 24.5 Å². The smallest absolute Gasteiger partial charge is 0.332 e. The molecule has 20 nitrogen and oxygen atoms in total. The van der Waals surface area contributed by atoms with Crippen LogP contribution >= 0.6 is 0 Å². The number of imidazole rings is 1. The van der Waals surface area contributed by atoms with Gasteiger partial charge in [-0.05, 0) is 58.6 Å². The number of nitrogens with one attached hydrogen (secondary N) is 1. The lowest BCUT2D eigenvalue weighted by atomic mass is 9.84. The lowest BCUT2D eigenvalue weighted by Crippen LogP contribution is -2.65. The Morgan fingerprint density at radius 2 is 1.53 bits per heavy atom. The van der Waals surface area contributed by atoms with Crippen LogP contribution < -0.4 is 32.9 Å². The number of aromatic nitrogens is 6. The van der Waals surface area contributed by atoms with E-state index < -0.39 is 40.9 Å². The molecule has 2 aromatic carbocycles. The van der Waals surface area contributed by atoms with Gasteiger partial charge in [0.15, 0.2) is 29.3 Å². The Hall–Kier alpha value is -7.55. The van der Waals surface area contributed by atoms with Crippen molar-refractivity contribution < 1.29 is 9.59 Å². The van der Waals surface area contributed by atoms with Crippen LogP contribution in [0.1, 0.15) is 63.5 Å². The average Bonchev–Trinajstić information content (AvgIpc) is 3.94. The Kier molecular flexibility index (Phi) is 12.1. The molecule has 5 atom stereocenters. The summed E-state index contributed by atoms with van der Waals surface area (Å²) in [4.78, 5) is 91.7. The first kappa shape index (κ1) is 46.2. The van der Waals surface area contributed by atoms with Crippen molar-refractivity contribution in [1.82, 2.24) is 48.3 Å². The highest BCUT2D eigenvalue weighted by atomic mass is 16.2. The molecule has 5 N–H and O–H groups in total. The first-order valence-corrected chi connectivity index (χ1v) is 23.9. The van der Waals surface area contributed by atoms with E-state index in [1.807, 2.05) is 60.4 Å². The van der Waals surface area contributed by atoms with Gasteiger partial charge in [0.05, 0.1) is 42.9 Å². The van der Waals surface area contributed by atoms with E-state index in [9.17, 15) is 19.2 Å². The standard InChI is InChI=1S/C50H58N16O4/c1-6-8-24-63-40-42(56-46(63)61-22-14-16-31(51)27-61)59(4)48(69)65(44(40)67)29-38-53-35-20-12-10-18-33(35)37(55-38)26-50(3)34-19-11-13-21-36(34)54-39(58-50)30-66-45(68)41-43(60(5)49(66)70)57-47(64(41)25-9-7-2)62-23-15-17-32(52)28-62/h10-13,18-21,31-32,40,42H,14-17,22-30,51-52H2,1-5H3,(H,54,58)/t31-,32-,40?,42?,50?/m1/s1. The molecular formula is C50H58N16O4. The van der Waals surface area contributed by atoms with Gasteiger partial charge in [0.2, 0.25) is 5.95 Å². The van der Waals surface area contributed by atoms with Crippen LogP contribution in [-0.2, 0) is 43.4 Å². The number of amidine groups is 1. The molecule has 20 heteroatoms. The van der Waals surface area contributed by atoms with E-state index in [1.165, 1.54) is 18.9 Å². The first-order chi connectivity index (χ1) is 33.8. The number of fused-ring (bicyclic) bond motifs is 4. The van der Waals surface area contributed by atoms with Crippen LogP contribution in [0.25, 0.3) is 22.1 Å². The number of anilines is 2. The van der Waals surface area contributed by atoms with E-state index >= 15 is 0 Å². The highest BCUT2D eigenvalue weighted by Crippen LogP contribution is 2.39. The van der Waals surface area contributed by atoms with Crippen molar-refractivity contribution in [3.63, 3.8) is 0 Å². The number of guanidine groups is 1. The molecule has 3 fully saturated rings. The third kappa shape index (κ3) is 8.10. The van der Waals surface area contributed by atoms with E-state index in [-0.39, 0.29) is 61.7 Å². The van der Waals surface area contributed by atoms with E-state index in [0.29, 0.717) is 48.6 Å². The Bertz CT molecular complexity index is 3260. The van der Waals surface area contributed by atoms with Crippen LogP contribution in [0.2, 0.25) is 0 Å². The molecule has 5 aromatic rings. The summed E-state index contributed by atoms with van der Waals surface area (Å²) in [6.07, 6.45) is 3.08. The number of para-hydroxylation sites is 2. The lowest BCUT2D eigenvalue weighted by Gasteiger charge is -2.41. The Morgan fingerprint density at radius 1 is 0.829 bits per heavy atom. The Balaban J connectivity index is 0.996. The molecule has 3 saturated heterocycles. The van der Waals surface area contributed by atoms with Crippen LogP contribution in [0.4, 0.5) is 16.4 Å². The molecule has 0 saturated carbocycles. The van der Waals surface area contributed by atoms with Crippen molar-refractivity contribution in [1.29, 1.82) is 0 Å². The van der Waals surface area contributed by atoms with Crippen molar-refractivity contribution in [3.8, 4) is 23.7 Å². The van der Waals surface area contributed by atoms with Gasteiger partial charge in [-0.1, -0.05) is 48.2 Å². The monoisotopic (exact) mass is 946 g/mol. The van der Waals surface area contributed by atoms with E-state index in [0.717, 1.165) is 48.9 Å². The molecule has 3 unspecified atom stereocenters. The highest BCUT2D eigenvalue weighted by molar-refractivity contribution is 6.04. The molecule has 0 spiro atoms. The Morgan fingerprint density at radius 3 is 2.29 bits per heavy atom. The third-order valence-corrected chi connectivity index (χ3v) is 14.1. The summed E-state index contributed by atoms with van der Waals surface area (Å²) in [5.41, 5.74) is 14.2. The summed E-state index contributed by atoms with van der Waals surface area (Å²) >= 11 is 0. The first-order valence-electron chi connectivity index (χ1n) is 23.9. The van der Waals surface area contributed by atoms with Gasteiger partial charge < -0.3 is 36.4 Å². The predicted octanol–water partition coefficient (Wildman–Crippen LogP) is 1.98. The van der Waals surface area contributed by atoms with Gasteiger partial charge in [0.25, 0.3) is 11.5 Å². The van der Waals surface area contributed by atoms with Crippen LogP contribution in [-0.4, -0.2) is 136 Å². The maximum atomic E-state index is 14.7. The van der Waals surface area contributed by atoms with E-state index in [2.05, 4.69) is 38.8 Å². The number of benzene rings is 2. The average molecular weight is 947 g/mol. The number of aliphatic imine (C=N–C) groups is 2. The van der Waals surface area contributed by atoms with Gasteiger partial charge in [0.1, 0.15) is 11.7 Å². The van der Waals surface area contributed by atoms with Crippen LogP contribution in [0.15, 0.2) is 68.1 Å². The fourth-order valence-electron chi connectivity index (χ4n) is 10.7.